The van der Waals surface area contributed by atoms with Gasteiger partial charge in [0, 0.05) is 12.7 Å². The number of hydrogen-bond acceptors (Lipinski definition) is 6. The fourth-order valence-electron chi connectivity index (χ4n) is 4.06. The van der Waals surface area contributed by atoms with Crippen LogP contribution < -0.4 is 15.4 Å². The summed E-state index contributed by atoms with van der Waals surface area (Å²) in [6, 6.07) is 10.7. The lowest BCUT2D eigenvalue weighted by molar-refractivity contribution is -0.123. The highest BCUT2D eigenvalue weighted by Gasteiger charge is 2.24. The number of nitrogens with one attached hydrogen (secondary N) is 2. The molecule has 1 atom stereocenters. The van der Waals surface area contributed by atoms with Crippen LogP contribution in [0.3, 0.4) is 0 Å². The molecule has 2 amide bonds. The molecule has 3 N–H and O–H groups in total. The Hall–Kier alpha value is -3.13. The van der Waals surface area contributed by atoms with Gasteiger partial charge in [0.15, 0.2) is 0 Å². The molecule has 2 heterocycles. The third-order valence-corrected chi connectivity index (χ3v) is 5.72. The number of para-hydroxylation sites is 2. The molecule has 0 radical (unpaired) electrons. The third kappa shape index (κ3) is 7.45. The number of aliphatic hydroxyl groups excluding tert-OH is 1. The lowest BCUT2D eigenvalue weighted by Gasteiger charge is -2.25. The molecule has 1 aliphatic rings. The van der Waals surface area contributed by atoms with Crippen molar-refractivity contribution < 1.29 is 19.4 Å². The smallest absolute Gasteiger partial charge is 0.258 e. The summed E-state index contributed by atoms with van der Waals surface area (Å²) in [4.78, 5) is 32.3. The number of carbonyl (C=O) groups is 2. The first-order valence-corrected chi connectivity index (χ1v) is 12.1. The molecule has 0 unspecified atom stereocenters. The first kappa shape index (κ1) is 25.5. The first-order valence-electron chi connectivity index (χ1n) is 12.1. The van der Waals surface area contributed by atoms with Gasteiger partial charge in [0.2, 0.25) is 5.91 Å². The van der Waals surface area contributed by atoms with E-state index in [9.17, 15) is 14.7 Å². The number of rotatable bonds is 6. The lowest BCUT2D eigenvalue weighted by atomic mass is 10.0. The Morgan fingerprint density at radius 3 is 2.76 bits per heavy atom. The maximum absolute atomic E-state index is 13.6. The van der Waals surface area contributed by atoms with Crippen molar-refractivity contribution in [3.8, 4) is 5.75 Å². The molecule has 0 aliphatic carbocycles. The zero-order valence-corrected chi connectivity index (χ0v) is 20.1. The van der Waals surface area contributed by atoms with Gasteiger partial charge in [0.1, 0.15) is 11.6 Å². The highest BCUT2D eigenvalue weighted by Crippen LogP contribution is 2.29. The molecule has 8 heteroatoms. The minimum atomic E-state index is -0.325. The van der Waals surface area contributed by atoms with E-state index in [2.05, 4.69) is 15.6 Å². The van der Waals surface area contributed by atoms with Crippen LogP contribution in [0.4, 0.5) is 11.5 Å². The summed E-state index contributed by atoms with van der Waals surface area (Å²) in [7, 11) is 0. The van der Waals surface area contributed by atoms with Crippen molar-refractivity contribution in [2.24, 2.45) is 5.92 Å². The number of aromatic nitrogens is 1. The van der Waals surface area contributed by atoms with Gasteiger partial charge >= 0.3 is 0 Å². The van der Waals surface area contributed by atoms with Crippen molar-refractivity contribution in [1.29, 1.82) is 0 Å². The summed E-state index contributed by atoms with van der Waals surface area (Å²) in [5.74, 6) is 0.931. The van der Waals surface area contributed by atoms with Gasteiger partial charge in [-0.05, 0) is 49.4 Å². The van der Waals surface area contributed by atoms with Crippen molar-refractivity contribution >= 4 is 23.3 Å². The number of carbonyl (C=O) groups excluding carboxylic acids is 2. The number of nitrogens with zero attached hydrogens (tertiary/aromatic N) is 2. The first-order chi connectivity index (χ1) is 16.5. The van der Waals surface area contributed by atoms with Gasteiger partial charge in [-0.15, -0.1) is 0 Å². The van der Waals surface area contributed by atoms with Crippen LogP contribution in [0.1, 0.15) is 56.3 Å². The molecule has 1 aromatic heterocycles. The highest BCUT2D eigenvalue weighted by molar-refractivity contribution is 6.01. The second kappa shape index (κ2) is 12.9. The van der Waals surface area contributed by atoms with Crippen LogP contribution in [0.2, 0.25) is 0 Å². The number of benzene rings is 1. The topological polar surface area (TPSA) is 104 Å². The van der Waals surface area contributed by atoms with E-state index in [1.54, 1.807) is 23.2 Å². The Morgan fingerprint density at radius 1 is 1.18 bits per heavy atom. The standard InChI is InChI=1S/C26H36N4O4/c1-19(2)16-20(18-31)28-24(32)17-30-14-7-3-4-8-15-34-23-12-6-5-11-22(23)29-25-21(26(30)33)10-9-13-27-25/h5-6,9-13,19-20,31H,3-4,7-8,14-18H2,1-2H3,(H,27,29)(H,28,32)/t20-/m0/s1. The number of hydrogen-bond donors (Lipinski definition) is 3. The van der Waals surface area contributed by atoms with Crippen LogP contribution in [0.25, 0.3) is 0 Å². The number of pyridine rings is 1. The molecule has 0 spiro atoms. The van der Waals surface area contributed by atoms with Crippen molar-refractivity contribution in [3.63, 3.8) is 0 Å². The number of anilines is 2. The number of aliphatic hydroxyl groups is 1. The van der Waals surface area contributed by atoms with Crippen LogP contribution in [0.5, 0.6) is 5.75 Å². The fourth-order valence-corrected chi connectivity index (χ4v) is 4.06. The quantitative estimate of drug-likeness (QED) is 0.597. The largest absolute Gasteiger partial charge is 0.491 e. The molecule has 2 aromatic rings. The van der Waals surface area contributed by atoms with Crippen LogP contribution >= 0.6 is 0 Å². The average molecular weight is 469 g/mol. The van der Waals surface area contributed by atoms with E-state index >= 15 is 0 Å². The maximum atomic E-state index is 13.6. The Bertz CT molecular complexity index is 950. The molecule has 0 saturated heterocycles. The predicted molar refractivity (Wildman–Crippen MR) is 132 cm³/mol. The van der Waals surface area contributed by atoms with Gasteiger partial charge in [0.05, 0.1) is 37.1 Å². The molecular formula is C26H36N4O4. The molecule has 8 nitrogen and oxygen atoms in total. The fraction of sp³-hybridized carbons (Fsp3) is 0.500. The number of ether oxygens (including phenoxy) is 1. The molecule has 0 saturated carbocycles. The summed E-state index contributed by atoms with van der Waals surface area (Å²) in [6.07, 6.45) is 5.90. The van der Waals surface area contributed by atoms with Crippen molar-refractivity contribution in [2.75, 3.05) is 31.6 Å². The second-order valence-electron chi connectivity index (χ2n) is 9.09. The van der Waals surface area contributed by atoms with Crippen LogP contribution in [0.15, 0.2) is 42.6 Å². The minimum Gasteiger partial charge on any atom is -0.491 e. The van der Waals surface area contributed by atoms with Gasteiger partial charge in [-0.25, -0.2) is 4.98 Å². The summed E-state index contributed by atoms with van der Waals surface area (Å²) < 4.78 is 5.96. The predicted octanol–water partition coefficient (Wildman–Crippen LogP) is 3.74. The molecule has 0 bridgehead atoms. The Kier molecular flexibility index (Phi) is 9.70. The summed E-state index contributed by atoms with van der Waals surface area (Å²) >= 11 is 0. The van der Waals surface area contributed by atoms with Gasteiger partial charge in [-0.1, -0.05) is 38.8 Å². The minimum absolute atomic E-state index is 0.0680. The maximum Gasteiger partial charge on any atom is 0.258 e. The van der Waals surface area contributed by atoms with E-state index in [1.807, 2.05) is 38.1 Å². The number of amides is 2. The van der Waals surface area contributed by atoms with E-state index in [0.29, 0.717) is 42.6 Å². The van der Waals surface area contributed by atoms with Gasteiger partial charge < -0.3 is 25.4 Å². The van der Waals surface area contributed by atoms with Gasteiger partial charge in [-0.2, -0.15) is 0 Å². The average Bonchev–Trinajstić information content (AvgIpc) is 2.82. The van der Waals surface area contributed by atoms with Crippen LogP contribution in [-0.4, -0.2) is 59.1 Å². The Morgan fingerprint density at radius 2 is 1.97 bits per heavy atom. The van der Waals surface area contributed by atoms with E-state index in [1.165, 1.54) is 0 Å². The van der Waals surface area contributed by atoms with Gasteiger partial charge in [0.25, 0.3) is 5.91 Å². The SMILES string of the molecule is CC(C)C[C@@H](CO)NC(=O)CN1CCCCCCOc2ccccc2Nc2ncccc2C1=O. The highest BCUT2D eigenvalue weighted by atomic mass is 16.5. The molecule has 1 aromatic carbocycles. The normalized spacial score (nSPS) is 15.9. The van der Waals surface area contributed by atoms with E-state index < -0.39 is 0 Å². The molecular weight excluding hydrogens is 432 g/mol. The molecule has 34 heavy (non-hydrogen) atoms. The zero-order chi connectivity index (χ0) is 24.3. The van der Waals surface area contributed by atoms with Crippen molar-refractivity contribution in [1.82, 2.24) is 15.2 Å². The van der Waals surface area contributed by atoms with E-state index in [-0.39, 0.29) is 31.0 Å². The molecule has 0 fully saturated rings. The van der Waals surface area contributed by atoms with E-state index in [0.717, 1.165) is 31.4 Å². The lowest BCUT2D eigenvalue weighted by Crippen LogP contribution is -2.46. The number of fused-ring (bicyclic) bond motifs is 2. The van der Waals surface area contributed by atoms with Crippen LogP contribution in [0, 0.1) is 5.92 Å². The summed E-state index contributed by atoms with van der Waals surface area (Å²) in [6.45, 7) is 4.96. The summed E-state index contributed by atoms with van der Waals surface area (Å²) in [5.41, 5.74) is 1.12. The molecule has 184 valence electrons. The van der Waals surface area contributed by atoms with Gasteiger partial charge in [-0.3, -0.25) is 9.59 Å². The monoisotopic (exact) mass is 468 g/mol. The van der Waals surface area contributed by atoms with Crippen molar-refractivity contribution in [2.45, 2.75) is 52.0 Å². The third-order valence-electron chi connectivity index (χ3n) is 5.72. The molecule has 3 rings (SSSR count). The van der Waals surface area contributed by atoms with E-state index in [4.69, 9.17) is 4.74 Å². The Labute approximate surface area is 201 Å². The van der Waals surface area contributed by atoms with Crippen LogP contribution in [-0.2, 0) is 4.79 Å². The summed E-state index contributed by atoms with van der Waals surface area (Å²) in [5, 5.41) is 15.7. The van der Waals surface area contributed by atoms with Crippen molar-refractivity contribution in [3.05, 3.63) is 48.2 Å². The Balaban J connectivity index is 1.84. The zero-order valence-electron chi connectivity index (χ0n) is 20.1. The second-order valence-corrected chi connectivity index (χ2v) is 9.09. The molecule has 1 aliphatic heterocycles.